The molecule has 0 spiro atoms. The fraction of sp³-hybridized carbons (Fsp3) is 0.364. The fourth-order valence-corrected chi connectivity index (χ4v) is 0.970. The fourth-order valence-electron chi connectivity index (χ4n) is 0.970. The van der Waals surface area contributed by atoms with Crippen molar-refractivity contribution in [2.24, 2.45) is 0 Å². The van der Waals surface area contributed by atoms with E-state index in [0.717, 1.165) is 18.2 Å². The van der Waals surface area contributed by atoms with E-state index < -0.39 is 17.2 Å². The lowest BCUT2D eigenvalue weighted by atomic mass is 10.1. The molecule has 0 aliphatic heterocycles. The van der Waals surface area contributed by atoms with Gasteiger partial charge in [-0.25, -0.2) is 8.78 Å². The summed E-state index contributed by atoms with van der Waals surface area (Å²) >= 11 is 0. The molecule has 0 saturated heterocycles. The van der Waals surface area contributed by atoms with Crippen molar-refractivity contribution < 1.29 is 13.5 Å². The van der Waals surface area contributed by atoms with E-state index in [1.54, 1.807) is 14.0 Å². The predicted molar refractivity (Wildman–Crippen MR) is 54.9 cm³/mol. The van der Waals surface area contributed by atoms with Crippen LogP contribution in [-0.2, 0) is 0 Å². The summed E-state index contributed by atoms with van der Waals surface area (Å²) in [7, 11) is 1.59. The molecular formula is C11H12F2N2O. The average molecular weight is 226 g/mol. The van der Waals surface area contributed by atoms with Crippen LogP contribution in [0.25, 0.3) is 0 Å². The van der Waals surface area contributed by atoms with Crippen LogP contribution in [-0.4, -0.2) is 19.2 Å². The first kappa shape index (κ1) is 12.4. The van der Waals surface area contributed by atoms with Gasteiger partial charge in [0.05, 0.1) is 6.07 Å². The summed E-state index contributed by atoms with van der Waals surface area (Å²) in [5.41, 5.74) is -0.932. The van der Waals surface area contributed by atoms with Gasteiger partial charge < -0.3 is 4.74 Å². The molecule has 5 heteroatoms. The molecule has 86 valence electrons. The highest BCUT2D eigenvalue weighted by Crippen LogP contribution is 2.19. The smallest absolute Gasteiger partial charge is 0.165 e. The number of benzene rings is 1. The second kappa shape index (κ2) is 4.90. The zero-order valence-electron chi connectivity index (χ0n) is 9.05. The van der Waals surface area contributed by atoms with Crippen molar-refractivity contribution in [2.75, 3.05) is 13.7 Å². The molecule has 3 nitrogen and oxygen atoms in total. The quantitative estimate of drug-likeness (QED) is 0.852. The van der Waals surface area contributed by atoms with Gasteiger partial charge in [0.1, 0.15) is 18.0 Å². The molecule has 0 radical (unpaired) electrons. The van der Waals surface area contributed by atoms with Crippen LogP contribution in [0.3, 0.4) is 0 Å². The van der Waals surface area contributed by atoms with Gasteiger partial charge in [0.2, 0.25) is 0 Å². The van der Waals surface area contributed by atoms with Crippen molar-refractivity contribution in [1.29, 1.82) is 5.26 Å². The third-order valence-electron chi connectivity index (χ3n) is 2.21. The molecule has 1 atom stereocenters. The number of nitriles is 1. The Hall–Kier alpha value is -1.67. The summed E-state index contributed by atoms with van der Waals surface area (Å²) in [6.07, 6.45) is 0. The van der Waals surface area contributed by atoms with Crippen molar-refractivity contribution in [3.63, 3.8) is 0 Å². The van der Waals surface area contributed by atoms with Crippen molar-refractivity contribution in [3.8, 4) is 11.8 Å². The number of hydrogen-bond donors (Lipinski definition) is 1. The zero-order valence-corrected chi connectivity index (χ0v) is 9.05. The van der Waals surface area contributed by atoms with Gasteiger partial charge in [-0.3, -0.25) is 5.32 Å². The second-order valence-electron chi connectivity index (χ2n) is 3.56. The molecule has 0 aliphatic carbocycles. The Morgan fingerprint density at radius 3 is 2.75 bits per heavy atom. The summed E-state index contributed by atoms with van der Waals surface area (Å²) in [6, 6.07) is 4.91. The summed E-state index contributed by atoms with van der Waals surface area (Å²) in [5, 5.41) is 11.6. The second-order valence-corrected chi connectivity index (χ2v) is 3.56. The molecule has 1 aromatic carbocycles. The third-order valence-corrected chi connectivity index (χ3v) is 2.21. The molecular weight excluding hydrogens is 214 g/mol. The molecule has 0 aliphatic rings. The maximum Gasteiger partial charge on any atom is 0.165 e. The van der Waals surface area contributed by atoms with Gasteiger partial charge in [0, 0.05) is 6.07 Å². The molecule has 16 heavy (non-hydrogen) atoms. The lowest BCUT2D eigenvalue weighted by molar-refractivity contribution is 0.232. The highest BCUT2D eigenvalue weighted by atomic mass is 19.1. The molecule has 1 N–H and O–H groups in total. The number of nitrogens with one attached hydrogen (secondary N) is 1. The summed E-state index contributed by atoms with van der Waals surface area (Å²) in [5.74, 6) is -1.44. The Morgan fingerprint density at radius 2 is 2.19 bits per heavy atom. The van der Waals surface area contributed by atoms with Gasteiger partial charge in [-0.1, -0.05) is 0 Å². The molecule has 0 fully saturated rings. The standard InChI is InChI=1S/C11H12F2N2O/c1-11(6-14,15-2)7-16-10-5-8(12)3-4-9(10)13/h3-5,15H,7H2,1-2H3. The first-order chi connectivity index (χ1) is 7.50. The van der Waals surface area contributed by atoms with E-state index in [-0.39, 0.29) is 12.4 Å². The Bertz CT molecular complexity index is 417. The highest BCUT2D eigenvalue weighted by molar-refractivity contribution is 5.25. The molecule has 1 unspecified atom stereocenters. The third kappa shape index (κ3) is 2.91. The number of ether oxygens (including phenoxy) is 1. The zero-order chi connectivity index (χ0) is 12.2. The molecule has 0 saturated carbocycles. The lowest BCUT2D eigenvalue weighted by Crippen LogP contribution is -2.43. The van der Waals surface area contributed by atoms with E-state index in [1.165, 1.54) is 0 Å². The van der Waals surface area contributed by atoms with Gasteiger partial charge in [0.25, 0.3) is 0 Å². The molecule has 1 rings (SSSR count). The Morgan fingerprint density at radius 1 is 1.50 bits per heavy atom. The first-order valence-electron chi connectivity index (χ1n) is 4.69. The summed E-state index contributed by atoms with van der Waals surface area (Å²) in [6.45, 7) is 1.53. The van der Waals surface area contributed by atoms with Gasteiger partial charge in [-0.05, 0) is 26.1 Å². The van der Waals surface area contributed by atoms with Crippen LogP contribution in [0.1, 0.15) is 6.92 Å². The van der Waals surface area contributed by atoms with Crippen LogP contribution in [0.15, 0.2) is 18.2 Å². The summed E-state index contributed by atoms with van der Waals surface area (Å²) < 4.78 is 31.0. The van der Waals surface area contributed by atoms with Crippen molar-refractivity contribution in [3.05, 3.63) is 29.8 Å². The normalized spacial score (nSPS) is 13.9. The van der Waals surface area contributed by atoms with E-state index in [4.69, 9.17) is 10.00 Å². The SMILES string of the molecule is CNC(C)(C#N)COc1cc(F)ccc1F. The highest BCUT2D eigenvalue weighted by Gasteiger charge is 2.22. The average Bonchev–Trinajstić information content (AvgIpc) is 2.30. The number of rotatable bonds is 4. The molecule has 0 bridgehead atoms. The minimum Gasteiger partial charge on any atom is -0.487 e. The molecule has 0 heterocycles. The number of hydrogen-bond acceptors (Lipinski definition) is 3. The van der Waals surface area contributed by atoms with Crippen LogP contribution in [0.4, 0.5) is 8.78 Å². The Balaban J connectivity index is 2.75. The maximum absolute atomic E-state index is 13.2. The Labute approximate surface area is 92.6 Å². The van der Waals surface area contributed by atoms with Crippen LogP contribution in [0.2, 0.25) is 0 Å². The van der Waals surface area contributed by atoms with Gasteiger partial charge in [-0.2, -0.15) is 5.26 Å². The van der Waals surface area contributed by atoms with Crippen LogP contribution < -0.4 is 10.1 Å². The van der Waals surface area contributed by atoms with E-state index in [0.29, 0.717) is 0 Å². The van der Waals surface area contributed by atoms with Crippen LogP contribution in [0.5, 0.6) is 5.75 Å². The Kier molecular flexibility index (Phi) is 3.80. The van der Waals surface area contributed by atoms with E-state index in [1.807, 2.05) is 6.07 Å². The van der Waals surface area contributed by atoms with Gasteiger partial charge >= 0.3 is 0 Å². The number of halogens is 2. The number of nitrogens with zero attached hydrogens (tertiary/aromatic N) is 1. The van der Waals surface area contributed by atoms with E-state index >= 15 is 0 Å². The molecule has 0 aromatic heterocycles. The van der Waals surface area contributed by atoms with Gasteiger partial charge in [0.15, 0.2) is 11.6 Å². The largest absolute Gasteiger partial charge is 0.487 e. The number of likely N-dealkylation sites (N-methyl/N-ethyl adjacent to an activating group) is 1. The molecule has 0 amide bonds. The minimum atomic E-state index is -0.932. The van der Waals surface area contributed by atoms with Crippen molar-refractivity contribution >= 4 is 0 Å². The monoisotopic (exact) mass is 226 g/mol. The van der Waals surface area contributed by atoms with E-state index in [2.05, 4.69) is 5.32 Å². The van der Waals surface area contributed by atoms with Crippen LogP contribution in [0, 0.1) is 23.0 Å². The van der Waals surface area contributed by atoms with Crippen molar-refractivity contribution in [1.82, 2.24) is 5.32 Å². The van der Waals surface area contributed by atoms with E-state index in [9.17, 15) is 8.78 Å². The topological polar surface area (TPSA) is 45.0 Å². The van der Waals surface area contributed by atoms with Crippen molar-refractivity contribution in [2.45, 2.75) is 12.5 Å². The first-order valence-corrected chi connectivity index (χ1v) is 4.69. The maximum atomic E-state index is 13.2. The lowest BCUT2D eigenvalue weighted by Gasteiger charge is -2.21. The molecule has 1 aromatic rings. The minimum absolute atomic E-state index is 0.0691. The van der Waals surface area contributed by atoms with Gasteiger partial charge in [-0.15, -0.1) is 0 Å². The van der Waals surface area contributed by atoms with Crippen LogP contribution >= 0.6 is 0 Å². The summed E-state index contributed by atoms with van der Waals surface area (Å²) in [4.78, 5) is 0. The predicted octanol–water partition coefficient (Wildman–Crippen LogP) is 1.85.